The van der Waals surface area contributed by atoms with Crippen LogP contribution in [0.2, 0.25) is 0 Å². The minimum atomic E-state index is -1.15. The minimum Gasteiger partial charge on any atom is -0.251 e. The van der Waals surface area contributed by atoms with Gasteiger partial charge in [0, 0.05) is 0 Å². The molecule has 0 amide bonds. The molecule has 3 aromatic rings. The first-order valence-corrected chi connectivity index (χ1v) is 12.2. The van der Waals surface area contributed by atoms with Gasteiger partial charge in [0.1, 0.15) is 5.67 Å². The van der Waals surface area contributed by atoms with Crippen LogP contribution in [0.25, 0.3) is 22.3 Å². The Bertz CT molecular complexity index is 958. The molecule has 2 heteroatoms. The van der Waals surface area contributed by atoms with E-state index in [2.05, 4.69) is 79.7 Å². The van der Waals surface area contributed by atoms with E-state index in [9.17, 15) is 4.39 Å². The van der Waals surface area contributed by atoms with E-state index in [1.54, 1.807) is 0 Å². The first-order chi connectivity index (χ1) is 15.6. The average molecular weight is 433 g/mol. The molecule has 3 atom stereocenters. The molecular weight excluding hydrogens is 398 g/mol. The van der Waals surface area contributed by atoms with Crippen molar-refractivity contribution in [1.82, 2.24) is 0 Å². The van der Waals surface area contributed by atoms with Crippen LogP contribution in [-0.4, -0.2) is 12.3 Å². The Balaban J connectivity index is 1.56. The van der Waals surface area contributed by atoms with Crippen LogP contribution in [-0.2, 0) is 0 Å². The van der Waals surface area contributed by atoms with Gasteiger partial charge >= 0.3 is 0 Å². The second kappa shape index (κ2) is 10.4. The van der Waals surface area contributed by atoms with Crippen molar-refractivity contribution in [3.05, 3.63) is 84.4 Å². The summed E-state index contributed by atoms with van der Waals surface area (Å²) in [5.41, 5.74) is 4.62. The lowest BCUT2D eigenvalue weighted by molar-refractivity contribution is 0.0107. The number of hydrogen-bond acceptors (Lipinski definition) is 0. The molecule has 0 bridgehead atoms. The van der Waals surface area contributed by atoms with E-state index in [0.717, 1.165) is 42.4 Å². The maximum atomic E-state index is 15.9. The lowest BCUT2D eigenvalue weighted by Gasteiger charge is -2.42. The molecule has 4 rings (SSSR count). The quantitative estimate of drug-likeness (QED) is 0.333. The molecule has 3 unspecified atom stereocenters. The number of benzene rings is 3. The third kappa shape index (κ3) is 4.95. The van der Waals surface area contributed by atoms with Crippen molar-refractivity contribution in [2.45, 2.75) is 63.5 Å². The monoisotopic (exact) mass is 432 g/mol. The molecule has 0 spiro atoms. The molecule has 3 aromatic carbocycles. The van der Waals surface area contributed by atoms with Crippen molar-refractivity contribution in [3.63, 3.8) is 0 Å². The molecular formula is C30H34F2. The Labute approximate surface area is 191 Å². The average Bonchev–Trinajstić information content (AvgIpc) is 2.84. The van der Waals surface area contributed by atoms with Crippen LogP contribution in [0.4, 0.5) is 8.78 Å². The molecule has 0 heterocycles. The topological polar surface area (TPSA) is 0 Å². The van der Waals surface area contributed by atoms with E-state index in [1.807, 2.05) is 6.07 Å². The van der Waals surface area contributed by atoms with Crippen molar-refractivity contribution in [2.24, 2.45) is 5.92 Å². The normalized spacial score (nSPS) is 21.9. The SMILES string of the molecule is CCCC1(F)CCCCC1C(CCF)c1ccc(-c2ccc(-c3ccccc3)cc2)cc1. The summed E-state index contributed by atoms with van der Waals surface area (Å²) in [4.78, 5) is 0. The second-order valence-corrected chi connectivity index (χ2v) is 9.29. The first kappa shape index (κ1) is 22.7. The Morgan fingerprint density at radius 2 is 1.38 bits per heavy atom. The maximum Gasteiger partial charge on any atom is 0.114 e. The van der Waals surface area contributed by atoms with Gasteiger partial charge in [0.2, 0.25) is 0 Å². The molecule has 32 heavy (non-hydrogen) atoms. The number of halogens is 2. The van der Waals surface area contributed by atoms with Gasteiger partial charge in [0.05, 0.1) is 6.67 Å². The molecule has 1 fully saturated rings. The van der Waals surface area contributed by atoms with Crippen LogP contribution in [0.3, 0.4) is 0 Å². The van der Waals surface area contributed by atoms with Gasteiger partial charge in [-0.15, -0.1) is 0 Å². The van der Waals surface area contributed by atoms with Crippen LogP contribution >= 0.6 is 0 Å². The van der Waals surface area contributed by atoms with Crippen molar-refractivity contribution in [3.8, 4) is 22.3 Å². The minimum absolute atomic E-state index is 0.0497. The van der Waals surface area contributed by atoms with Gasteiger partial charge in [-0.3, -0.25) is 4.39 Å². The van der Waals surface area contributed by atoms with Crippen LogP contribution in [0.1, 0.15) is 63.4 Å². The summed E-state index contributed by atoms with van der Waals surface area (Å²) in [5, 5.41) is 0. The molecule has 0 aliphatic heterocycles. The molecule has 0 aromatic heterocycles. The lowest BCUT2D eigenvalue weighted by Crippen LogP contribution is -2.40. The van der Waals surface area contributed by atoms with Crippen molar-refractivity contribution < 1.29 is 8.78 Å². The van der Waals surface area contributed by atoms with Gasteiger partial charge in [-0.05, 0) is 65.3 Å². The van der Waals surface area contributed by atoms with Gasteiger partial charge in [-0.1, -0.05) is 105 Å². The first-order valence-electron chi connectivity index (χ1n) is 12.2. The molecule has 0 saturated heterocycles. The summed E-state index contributed by atoms with van der Waals surface area (Å²) in [6.45, 7) is 1.65. The van der Waals surface area contributed by atoms with E-state index < -0.39 is 12.3 Å². The van der Waals surface area contributed by atoms with Gasteiger partial charge in [0.15, 0.2) is 0 Å². The zero-order valence-corrected chi connectivity index (χ0v) is 19.1. The van der Waals surface area contributed by atoms with E-state index >= 15 is 4.39 Å². The Kier molecular flexibility index (Phi) is 7.40. The van der Waals surface area contributed by atoms with Crippen LogP contribution in [0.15, 0.2) is 78.9 Å². The Morgan fingerprint density at radius 3 is 1.94 bits per heavy atom. The van der Waals surface area contributed by atoms with E-state index in [4.69, 9.17) is 0 Å². The predicted molar refractivity (Wildman–Crippen MR) is 131 cm³/mol. The van der Waals surface area contributed by atoms with E-state index in [-0.39, 0.29) is 11.8 Å². The maximum absolute atomic E-state index is 15.9. The summed E-state index contributed by atoms with van der Waals surface area (Å²) in [7, 11) is 0. The zero-order valence-electron chi connectivity index (χ0n) is 19.1. The van der Waals surface area contributed by atoms with Crippen LogP contribution < -0.4 is 0 Å². The molecule has 168 valence electrons. The summed E-state index contributed by atoms with van der Waals surface area (Å²) in [5.74, 6) is -0.130. The Hall–Kier alpha value is -2.48. The number of hydrogen-bond donors (Lipinski definition) is 0. The fraction of sp³-hybridized carbons (Fsp3) is 0.400. The van der Waals surface area contributed by atoms with E-state index in [0.29, 0.717) is 19.3 Å². The zero-order chi connectivity index (χ0) is 22.4. The third-order valence-corrected chi connectivity index (χ3v) is 7.26. The second-order valence-electron chi connectivity index (χ2n) is 9.29. The molecule has 0 radical (unpaired) electrons. The molecule has 0 nitrogen and oxygen atoms in total. The van der Waals surface area contributed by atoms with Crippen LogP contribution in [0.5, 0.6) is 0 Å². The van der Waals surface area contributed by atoms with Crippen molar-refractivity contribution in [1.29, 1.82) is 0 Å². The standard InChI is InChI=1S/C30H34F2/c1-2-20-30(32)21-7-6-10-29(30)28(19-22-31)27-17-15-26(16-18-27)25-13-11-24(12-14-25)23-8-4-3-5-9-23/h3-5,8-9,11-18,28-29H,2,6-7,10,19-22H2,1H3. The highest BCUT2D eigenvalue weighted by molar-refractivity contribution is 5.70. The Morgan fingerprint density at radius 1 is 0.812 bits per heavy atom. The number of alkyl halides is 2. The number of rotatable bonds is 8. The van der Waals surface area contributed by atoms with E-state index in [1.165, 1.54) is 11.1 Å². The van der Waals surface area contributed by atoms with Gasteiger partial charge in [-0.2, -0.15) is 0 Å². The molecule has 1 aliphatic carbocycles. The fourth-order valence-electron chi connectivity index (χ4n) is 5.64. The fourth-order valence-corrected chi connectivity index (χ4v) is 5.64. The smallest absolute Gasteiger partial charge is 0.114 e. The molecule has 1 saturated carbocycles. The summed E-state index contributed by atoms with van der Waals surface area (Å²) < 4.78 is 29.4. The molecule has 1 aliphatic rings. The van der Waals surface area contributed by atoms with Gasteiger partial charge < -0.3 is 0 Å². The van der Waals surface area contributed by atoms with Gasteiger partial charge in [0.25, 0.3) is 0 Å². The van der Waals surface area contributed by atoms with Crippen molar-refractivity contribution in [2.75, 3.05) is 6.67 Å². The predicted octanol–water partition coefficient (Wildman–Crippen LogP) is 9.16. The highest BCUT2D eigenvalue weighted by Crippen LogP contribution is 2.48. The summed E-state index contributed by atoms with van der Waals surface area (Å²) in [6.07, 6.45) is 5.33. The lowest BCUT2D eigenvalue weighted by atomic mass is 9.66. The summed E-state index contributed by atoms with van der Waals surface area (Å²) in [6, 6.07) is 27.4. The highest BCUT2D eigenvalue weighted by Gasteiger charge is 2.44. The van der Waals surface area contributed by atoms with Gasteiger partial charge in [-0.25, -0.2) is 4.39 Å². The largest absolute Gasteiger partial charge is 0.251 e. The van der Waals surface area contributed by atoms with Crippen molar-refractivity contribution >= 4 is 0 Å². The highest BCUT2D eigenvalue weighted by atomic mass is 19.1. The van der Waals surface area contributed by atoms with Crippen LogP contribution in [0, 0.1) is 5.92 Å². The molecule has 0 N–H and O–H groups in total. The summed E-state index contributed by atoms with van der Waals surface area (Å²) >= 11 is 0. The third-order valence-electron chi connectivity index (χ3n) is 7.26.